The minimum absolute atomic E-state index is 0.0595. The summed E-state index contributed by atoms with van der Waals surface area (Å²) in [5.74, 6) is 3.59. The van der Waals surface area contributed by atoms with Gasteiger partial charge in [-0.15, -0.1) is 0 Å². The van der Waals surface area contributed by atoms with Gasteiger partial charge in [0, 0.05) is 37.7 Å². The molecule has 0 aromatic heterocycles. The van der Waals surface area contributed by atoms with Crippen molar-refractivity contribution in [3.05, 3.63) is 65.2 Å². The average molecular weight is 456 g/mol. The Morgan fingerprint density at radius 3 is 2.21 bits per heavy atom. The van der Waals surface area contributed by atoms with E-state index in [2.05, 4.69) is 17.2 Å². The number of halogens is 2. The monoisotopic (exact) mass is 455 g/mol. The van der Waals surface area contributed by atoms with Crippen LogP contribution in [-0.4, -0.2) is 56.2 Å². The maximum atomic E-state index is 14.9. The second kappa shape index (κ2) is 11.9. The number of urea groups is 1. The highest BCUT2D eigenvalue weighted by atomic mass is 19.1. The van der Waals surface area contributed by atoms with Crippen LogP contribution >= 0.6 is 0 Å². The molecule has 0 saturated heterocycles. The number of benzene rings is 2. The molecule has 1 N–H and O–H groups in total. The van der Waals surface area contributed by atoms with Crippen LogP contribution in [0.15, 0.2) is 42.5 Å². The number of aldehydes is 2. The molecule has 0 aliphatic carbocycles. The van der Waals surface area contributed by atoms with E-state index >= 15 is 0 Å². The number of anilines is 1. The number of nitrogens with one attached hydrogen (secondary N) is 1. The molecule has 0 bridgehead atoms. The molecule has 8 heteroatoms. The van der Waals surface area contributed by atoms with E-state index in [9.17, 15) is 23.2 Å². The molecule has 174 valence electrons. The fraction of sp³-hybridized carbons (Fsp3) is 0.320. The van der Waals surface area contributed by atoms with Gasteiger partial charge in [-0.2, -0.15) is 0 Å². The van der Waals surface area contributed by atoms with Gasteiger partial charge in [0.25, 0.3) is 0 Å². The zero-order valence-electron chi connectivity index (χ0n) is 18.9. The normalized spacial score (nSPS) is 12.2. The van der Waals surface area contributed by atoms with Crippen LogP contribution in [0.4, 0.5) is 19.3 Å². The number of nitrogens with zero attached hydrogens (tertiary/aromatic N) is 2. The van der Waals surface area contributed by atoms with Gasteiger partial charge in [-0.1, -0.05) is 37.0 Å². The summed E-state index contributed by atoms with van der Waals surface area (Å²) in [6.45, 7) is 2.04. The van der Waals surface area contributed by atoms with Crippen LogP contribution < -0.4 is 10.2 Å². The summed E-state index contributed by atoms with van der Waals surface area (Å²) >= 11 is 0. The molecule has 0 heterocycles. The molecule has 6 nitrogen and oxygen atoms in total. The molecule has 0 radical (unpaired) electrons. The summed E-state index contributed by atoms with van der Waals surface area (Å²) < 4.78 is 29.8. The quantitative estimate of drug-likeness (QED) is 0.465. The molecule has 2 amide bonds. The smallest absolute Gasteiger partial charge is 0.318 e. The lowest BCUT2D eigenvalue weighted by Gasteiger charge is -2.40. The van der Waals surface area contributed by atoms with Crippen molar-refractivity contribution in [3.63, 3.8) is 0 Å². The minimum Gasteiger partial charge on any atom is -0.318 e. The van der Waals surface area contributed by atoms with Crippen molar-refractivity contribution in [2.24, 2.45) is 0 Å². The maximum absolute atomic E-state index is 14.9. The summed E-state index contributed by atoms with van der Waals surface area (Å²) in [7, 11) is 2.88. The van der Waals surface area contributed by atoms with Crippen LogP contribution in [0.3, 0.4) is 0 Å². The molecule has 2 rings (SSSR count). The molecule has 2 aromatic carbocycles. The van der Waals surface area contributed by atoms with Gasteiger partial charge in [0.1, 0.15) is 23.8 Å². The lowest BCUT2D eigenvalue weighted by molar-refractivity contribution is -0.121. The van der Waals surface area contributed by atoms with Crippen molar-refractivity contribution in [1.82, 2.24) is 10.2 Å². The first kappa shape index (κ1) is 25.7. The van der Waals surface area contributed by atoms with Crippen LogP contribution in [0, 0.1) is 23.5 Å². The zero-order valence-corrected chi connectivity index (χ0v) is 18.9. The Kier molecular flexibility index (Phi) is 9.25. The molecular weight excluding hydrogens is 428 g/mol. The van der Waals surface area contributed by atoms with Gasteiger partial charge in [0.05, 0.1) is 0 Å². The Balaban J connectivity index is 2.41. The number of carbonyl (C=O) groups excluding carboxylic acids is 3. The van der Waals surface area contributed by atoms with Gasteiger partial charge in [-0.3, -0.25) is 4.90 Å². The molecule has 0 fully saturated rings. The first-order valence-electron chi connectivity index (χ1n) is 10.5. The Morgan fingerprint density at radius 1 is 1.09 bits per heavy atom. The van der Waals surface area contributed by atoms with Crippen molar-refractivity contribution in [2.75, 3.05) is 32.1 Å². The van der Waals surface area contributed by atoms with E-state index in [1.807, 2.05) is 6.07 Å². The summed E-state index contributed by atoms with van der Waals surface area (Å²) in [6, 6.07) is 10.3. The van der Waals surface area contributed by atoms with E-state index in [-0.39, 0.29) is 24.9 Å². The van der Waals surface area contributed by atoms with Crippen LogP contribution in [0.25, 0.3) is 0 Å². The van der Waals surface area contributed by atoms with Crippen LogP contribution in [0.2, 0.25) is 0 Å². The number of rotatable bonds is 9. The van der Waals surface area contributed by atoms with E-state index in [1.165, 1.54) is 11.9 Å². The third-order valence-corrected chi connectivity index (χ3v) is 5.39. The molecule has 0 spiro atoms. The number of likely N-dealkylation sites (N-methyl/N-ethyl adjacent to an activating group) is 1. The largest absolute Gasteiger partial charge is 0.325 e. The highest BCUT2D eigenvalue weighted by molar-refractivity contribution is 5.94. The van der Waals surface area contributed by atoms with Crippen molar-refractivity contribution in [3.8, 4) is 11.8 Å². The van der Waals surface area contributed by atoms with E-state index in [1.54, 1.807) is 38.2 Å². The summed E-state index contributed by atoms with van der Waals surface area (Å²) in [5, 5.41) is 2.87. The van der Waals surface area contributed by atoms with E-state index in [0.29, 0.717) is 24.7 Å². The highest BCUT2D eigenvalue weighted by Crippen LogP contribution is 2.28. The fourth-order valence-corrected chi connectivity index (χ4v) is 3.42. The van der Waals surface area contributed by atoms with Crippen LogP contribution in [-0.2, 0) is 9.59 Å². The summed E-state index contributed by atoms with van der Waals surface area (Å²) in [5.41, 5.74) is -1.18. The lowest BCUT2D eigenvalue weighted by Crippen LogP contribution is -2.58. The summed E-state index contributed by atoms with van der Waals surface area (Å²) in [4.78, 5) is 38.4. The molecule has 0 aliphatic rings. The Bertz CT molecular complexity index is 1030. The molecule has 33 heavy (non-hydrogen) atoms. The van der Waals surface area contributed by atoms with Crippen molar-refractivity contribution in [2.45, 2.75) is 25.3 Å². The number of carbonyl (C=O) groups is 3. The topological polar surface area (TPSA) is 69.7 Å². The average Bonchev–Trinajstić information content (AvgIpc) is 2.82. The third-order valence-electron chi connectivity index (χ3n) is 5.39. The standard InChI is InChI=1S/C25H27F2N3O3/c1-4-25(18-32,12-15-31)30(14-13-28-2)24(33)29(3)23-21(26)16-20(17-22(23)27)11-10-19-8-6-5-7-9-19/h5-9,15-18,28H,4,12-14H2,1-3H3. The Labute approximate surface area is 192 Å². The maximum Gasteiger partial charge on any atom is 0.325 e. The van der Waals surface area contributed by atoms with Gasteiger partial charge in [-0.05, 0) is 37.7 Å². The van der Waals surface area contributed by atoms with Crippen LogP contribution in [0.5, 0.6) is 0 Å². The number of hydrogen-bond acceptors (Lipinski definition) is 4. The molecule has 1 atom stereocenters. The number of hydrogen-bond donors (Lipinski definition) is 1. The van der Waals surface area contributed by atoms with Gasteiger partial charge in [-0.25, -0.2) is 13.6 Å². The second-order valence-electron chi connectivity index (χ2n) is 7.45. The minimum atomic E-state index is -1.42. The molecular formula is C25H27F2N3O3. The summed E-state index contributed by atoms with van der Waals surface area (Å²) in [6.07, 6.45) is 1.03. The van der Waals surface area contributed by atoms with Crippen molar-refractivity contribution in [1.29, 1.82) is 0 Å². The Morgan fingerprint density at radius 2 is 1.70 bits per heavy atom. The molecule has 0 aliphatic heterocycles. The highest BCUT2D eigenvalue weighted by Gasteiger charge is 2.40. The third kappa shape index (κ3) is 6.02. The molecule has 0 saturated carbocycles. The SMILES string of the molecule is CCC(C=O)(CC=O)N(CCNC)C(=O)N(C)c1c(F)cc(C#Cc2ccccc2)cc1F. The number of amides is 2. The second-order valence-corrected chi connectivity index (χ2v) is 7.45. The fourth-order valence-electron chi connectivity index (χ4n) is 3.42. The van der Waals surface area contributed by atoms with E-state index in [0.717, 1.165) is 17.0 Å². The van der Waals surface area contributed by atoms with E-state index in [4.69, 9.17) is 0 Å². The Hall–Kier alpha value is -3.57. The van der Waals surface area contributed by atoms with Gasteiger partial charge in [0.2, 0.25) is 0 Å². The van der Waals surface area contributed by atoms with E-state index < -0.39 is 28.9 Å². The van der Waals surface area contributed by atoms with Crippen molar-refractivity contribution >= 4 is 24.3 Å². The predicted octanol–water partition coefficient (Wildman–Crippen LogP) is 3.38. The van der Waals surface area contributed by atoms with Gasteiger partial charge >= 0.3 is 6.03 Å². The first-order chi connectivity index (χ1) is 15.8. The first-order valence-corrected chi connectivity index (χ1v) is 10.5. The predicted molar refractivity (Wildman–Crippen MR) is 123 cm³/mol. The van der Waals surface area contributed by atoms with Crippen molar-refractivity contribution < 1.29 is 23.2 Å². The lowest BCUT2D eigenvalue weighted by atomic mass is 9.92. The van der Waals surface area contributed by atoms with Gasteiger partial charge in [0.15, 0.2) is 11.6 Å². The van der Waals surface area contributed by atoms with Crippen LogP contribution in [0.1, 0.15) is 30.9 Å². The van der Waals surface area contributed by atoms with Gasteiger partial charge < -0.3 is 19.8 Å². The molecule has 1 unspecified atom stereocenters. The zero-order chi connectivity index (χ0) is 24.4. The molecule has 2 aromatic rings.